The smallest absolute Gasteiger partial charge is 0.326 e. The van der Waals surface area contributed by atoms with Gasteiger partial charge in [-0.25, -0.2) is 0 Å². The first-order valence-corrected chi connectivity index (χ1v) is 15.0. The standard InChI is InChI=1S/C31H37N3O7S/c1-5-40-30(39)21(14-10-11-17-33-27(36)19-12-6-7-13-20(19)28(33)37)25-26(32)42-23-16-9-8-15-22(23)34(29(25)38)18-24(35)41-31(2,3)4/h6-9,12-13,15-16,21,25-26H,5,10-11,14,17-18,32H2,1-4H3/t21-,25+,26?/m1/s1. The van der Waals surface area contributed by atoms with Crippen LogP contribution in [-0.4, -0.2) is 65.2 Å². The van der Waals surface area contributed by atoms with Gasteiger partial charge in [0.1, 0.15) is 12.1 Å². The zero-order valence-corrected chi connectivity index (χ0v) is 25.1. The van der Waals surface area contributed by atoms with Crippen LogP contribution < -0.4 is 10.6 Å². The number of unbranched alkanes of at least 4 members (excludes halogenated alkanes) is 1. The van der Waals surface area contributed by atoms with Crippen molar-refractivity contribution in [3.05, 3.63) is 59.7 Å². The Balaban J connectivity index is 1.53. The van der Waals surface area contributed by atoms with Crippen LogP contribution in [0.5, 0.6) is 0 Å². The Morgan fingerprint density at radius 1 is 0.952 bits per heavy atom. The summed E-state index contributed by atoms with van der Waals surface area (Å²) in [5.41, 5.74) is 7.12. The van der Waals surface area contributed by atoms with E-state index in [1.54, 1.807) is 64.1 Å². The van der Waals surface area contributed by atoms with Crippen LogP contribution in [0.3, 0.4) is 0 Å². The molecule has 0 bridgehead atoms. The minimum atomic E-state index is -0.997. The number of nitrogens with zero attached hydrogens (tertiary/aromatic N) is 2. The summed E-state index contributed by atoms with van der Waals surface area (Å²) in [4.78, 5) is 69.0. The molecule has 2 heterocycles. The number of hydrogen-bond donors (Lipinski definition) is 1. The van der Waals surface area contributed by atoms with Gasteiger partial charge >= 0.3 is 11.9 Å². The molecule has 2 aromatic rings. The van der Waals surface area contributed by atoms with E-state index in [1.807, 2.05) is 12.1 Å². The first-order chi connectivity index (χ1) is 19.9. The molecule has 3 amide bonds. The SMILES string of the molecule is CCOC(=O)[C@H](CCCCN1C(=O)c2ccccc2C1=O)[C@@H]1C(=O)N(CC(=O)OC(C)(C)C)c2ccccc2SC1N. The molecular weight excluding hydrogens is 558 g/mol. The third-order valence-electron chi connectivity index (χ3n) is 7.08. The number of thioether (sulfide) groups is 1. The van der Waals surface area contributed by atoms with Crippen LogP contribution in [0.1, 0.15) is 67.7 Å². The first-order valence-electron chi connectivity index (χ1n) is 14.1. The molecule has 224 valence electrons. The number of carbonyl (C=O) groups excluding carboxylic acids is 5. The molecule has 0 radical (unpaired) electrons. The highest BCUT2D eigenvalue weighted by atomic mass is 32.2. The summed E-state index contributed by atoms with van der Waals surface area (Å²) in [6, 6.07) is 13.8. The van der Waals surface area contributed by atoms with Crippen molar-refractivity contribution in [2.45, 2.75) is 62.8 Å². The molecule has 42 heavy (non-hydrogen) atoms. The van der Waals surface area contributed by atoms with Crippen molar-refractivity contribution in [3.8, 4) is 0 Å². The van der Waals surface area contributed by atoms with Gasteiger partial charge in [-0.2, -0.15) is 0 Å². The minimum Gasteiger partial charge on any atom is -0.466 e. The Hall–Kier alpha value is -3.70. The molecule has 0 aromatic heterocycles. The average Bonchev–Trinajstić information content (AvgIpc) is 3.11. The fourth-order valence-electron chi connectivity index (χ4n) is 5.28. The van der Waals surface area contributed by atoms with E-state index in [1.165, 1.54) is 21.6 Å². The summed E-state index contributed by atoms with van der Waals surface area (Å²) in [7, 11) is 0. The number of hydrogen-bond acceptors (Lipinski definition) is 9. The highest BCUT2D eigenvalue weighted by Gasteiger charge is 2.45. The topological polar surface area (TPSA) is 136 Å². The molecule has 0 saturated carbocycles. The quantitative estimate of drug-likeness (QED) is 0.245. The Bertz CT molecular complexity index is 1340. The summed E-state index contributed by atoms with van der Waals surface area (Å²) in [6.07, 6.45) is 1.09. The molecule has 1 unspecified atom stereocenters. The number of imide groups is 1. The molecule has 2 aliphatic rings. The summed E-state index contributed by atoms with van der Waals surface area (Å²) in [5, 5.41) is -0.798. The highest BCUT2D eigenvalue weighted by molar-refractivity contribution is 8.00. The van der Waals surface area contributed by atoms with Gasteiger partial charge in [0, 0.05) is 11.4 Å². The Kier molecular flexibility index (Phi) is 9.73. The van der Waals surface area contributed by atoms with Gasteiger partial charge in [-0.05, 0) is 64.8 Å². The number of para-hydroxylation sites is 1. The van der Waals surface area contributed by atoms with E-state index in [-0.39, 0.29) is 37.9 Å². The highest BCUT2D eigenvalue weighted by Crippen LogP contribution is 2.42. The van der Waals surface area contributed by atoms with Crippen LogP contribution in [0, 0.1) is 11.8 Å². The van der Waals surface area contributed by atoms with Crippen molar-refractivity contribution in [1.82, 2.24) is 4.90 Å². The van der Waals surface area contributed by atoms with Crippen molar-refractivity contribution in [1.29, 1.82) is 0 Å². The van der Waals surface area contributed by atoms with Crippen molar-refractivity contribution < 1.29 is 33.4 Å². The van der Waals surface area contributed by atoms with Crippen molar-refractivity contribution in [3.63, 3.8) is 0 Å². The molecular formula is C31H37N3O7S. The lowest BCUT2D eigenvalue weighted by molar-refractivity contribution is -0.154. The van der Waals surface area contributed by atoms with Gasteiger partial charge in [0.25, 0.3) is 11.8 Å². The molecule has 2 aromatic carbocycles. The zero-order chi connectivity index (χ0) is 30.6. The van der Waals surface area contributed by atoms with E-state index in [4.69, 9.17) is 15.2 Å². The summed E-state index contributed by atoms with van der Waals surface area (Å²) in [5.74, 6) is -4.20. The lowest BCUT2D eigenvalue weighted by Gasteiger charge is -2.31. The maximum atomic E-state index is 14.1. The number of nitrogens with two attached hydrogens (primary N) is 1. The van der Waals surface area contributed by atoms with Gasteiger partial charge < -0.3 is 15.2 Å². The molecule has 2 N–H and O–H groups in total. The van der Waals surface area contributed by atoms with Crippen LogP contribution in [-0.2, 0) is 23.9 Å². The van der Waals surface area contributed by atoms with E-state index in [9.17, 15) is 24.0 Å². The van der Waals surface area contributed by atoms with Crippen LogP contribution in [0.4, 0.5) is 5.69 Å². The lowest BCUT2D eigenvalue weighted by atomic mass is 9.86. The molecule has 10 nitrogen and oxygen atoms in total. The van der Waals surface area contributed by atoms with Crippen LogP contribution in [0.15, 0.2) is 53.4 Å². The van der Waals surface area contributed by atoms with E-state index < -0.39 is 40.7 Å². The van der Waals surface area contributed by atoms with Crippen molar-refractivity contribution in [2.75, 3.05) is 24.6 Å². The molecule has 0 aliphatic carbocycles. The number of fused-ring (bicyclic) bond motifs is 2. The van der Waals surface area contributed by atoms with Crippen LogP contribution in [0.2, 0.25) is 0 Å². The second kappa shape index (κ2) is 13.1. The van der Waals surface area contributed by atoms with Crippen molar-refractivity contribution in [2.24, 2.45) is 17.6 Å². The Morgan fingerprint density at radius 3 is 2.19 bits per heavy atom. The van der Waals surface area contributed by atoms with Gasteiger partial charge in [0.15, 0.2) is 0 Å². The largest absolute Gasteiger partial charge is 0.466 e. The average molecular weight is 596 g/mol. The van der Waals surface area contributed by atoms with Gasteiger partial charge in [0.2, 0.25) is 5.91 Å². The number of ether oxygens (including phenoxy) is 2. The van der Waals surface area contributed by atoms with Crippen LogP contribution in [0.25, 0.3) is 0 Å². The third-order valence-corrected chi connectivity index (χ3v) is 8.24. The number of amides is 3. The Morgan fingerprint density at radius 2 is 1.57 bits per heavy atom. The normalized spacial score (nSPS) is 19.2. The molecule has 2 aliphatic heterocycles. The molecule has 11 heteroatoms. The number of carbonyl (C=O) groups is 5. The summed E-state index contributed by atoms with van der Waals surface area (Å²) < 4.78 is 10.9. The minimum absolute atomic E-state index is 0.121. The fraction of sp³-hybridized carbons (Fsp3) is 0.452. The molecule has 4 rings (SSSR count). The lowest BCUT2D eigenvalue weighted by Crippen LogP contribution is -2.49. The van der Waals surface area contributed by atoms with Crippen molar-refractivity contribution >= 4 is 47.1 Å². The molecule has 3 atom stereocenters. The number of benzene rings is 2. The van der Waals surface area contributed by atoms with E-state index >= 15 is 0 Å². The number of rotatable bonds is 10. The molecule has 0 saturated heterocycles. The Labute approximate surface area is 249 Å². The van der Waals surface area contributed by atoms with E-state index in [2.05, 4.69) is 0 Å². The van der Waals surface area contributed by atoms with E-state index in [0.29, 0.717) is 34.6 Å². The third kappa shape index (κ3) is 6.84. The molecule has 0 fully saturated rings. The zero-order valence-electron chi connectivity index (χ0n) is 24.3. The van der Waals surface area contributed by atoms with Crippen LogP contribution >= 0.6 is 11.8 Å². The van der Waals surface area contributed by atoms with E-state index in [0.717, 1.165) is 0 Å². The maximum Gasteiger partial charge on any atom is 0.326 e. The summed E-state index contributed by atoms with van der Waals surface area (Å²) in [6.45, 7) is 6.88. The van der Waals surface area contributed by atoms with Gasteiger partial charge in [-0.15, -0.1) is 11.8 Å². The predicted octanol–water partition coefficient (Wildman–Crippen LogP) is 4.01. The van der Waals surface area contributed by atoms with Gasteiger partial charge in [0.05, 0.1) is 40.6 Å². The second-order valence-corrected chi connectivity index (χ2v) is 12.5. The monoisotopic (exact) mass is 595 g/mol. The number of anilines is 1. The number of esters is 2. The maximum absolute atomic E-state index is 14.1. The summed E-state index contributed by atoms with van der Waals surface area (Å²) >= 11 is 1.26. The van der Waals surface area contributed by atoms with Gasteiger partial charge in [-0.1, -0.05) is 30.7 Å². The second-order valence-electron chi connectivity index (χ2n) is 11.2. The fourth-order valence-corrected chi connectivity index (χ4v) is 6.48. The predicted molar refractivity (Wildman–Crippen MR) is 158 cm³/mol. The van der Waals surface area contributed by atoms with Gasteiger partial charge in [-0.3, -0.25) is 33.8 Å². The molecule has 0 spiro atoms. The first kappa shape index (κ1) is 31.2.